The van der Waals surface area contributed by atoms with Crippen molar-refractivity contribution in [2.24, 2.45) is 20.5 Å². The summed E-state index contributed by atoms with van der Waals surface area (Å²) in [7, 11) is -30.7. The number of benzene rings is 4. The number of aromatic hydroxyl groups is 1. The summed E-state index contributed by atoms with van der Waals surface area (Å²) >= 11 is 0. The molecule has 0 saturated carbocycles. The molecule has 0 aliphatic heterocycles. The average molecular weight is 1020 g/mol. The van der Waals surface area contributed by atoms with Gasteiger partial charge in [0.2, 0.25) is 5.95 Å². The molecule has 0 bridgehead atoms. The van der Waals surface area contributed by atoms with Gasteiger partial charge in [0.05, 0.1) is 22.9 Å². The molecule has 1 heterocycles. The Hall–Kier alpha value is -5.86. The van der Waals surface area contributed by atoms with E-state index in [1.165, 1.54) is 0 Å². The molecule has 1 aromatic heterocycles. The molecule has 344 valence electrons. The first kappa shape index (κ1) is 49.2. The van der Waals surface area contributed by atoms with Gasteiger partial charge in [-0.3, -0.25) is 22.8 Å². The molecule has 5 rings (SSSR count). The number of fused-ring (bicyclic) bond motifs is 1. The summed E-state index contributed by atoms with van der Waals surface area (Å²) in [6, 6.07) is 7.17. The second-order valence-corrected chi connectivity index (χ2v) is 21.0. The largest absolute Gasteiger partial charge is 0.505 e. The molecule has 0 aliphatic rings. The molecular formula is C29H24F2N8O19S6. The van der Waals surface area contributed by atoms with Crippen LogP contribution in [0, 0.1) is 12.0 Å². The minimum absolute atomic E-state index is 0.207. The second-order valence-electron chi connectivity index (χ2n) is 12.2. The molecule has 64 heavy (non-hydrogen) atoms. The van der Waals surface area contributed by atoms with Gasteiger partial charge in [0, 0.05) is 22.5 Å². The smallest absolute Gasteiger partial charge is 0.397 e. The number of nitrogens with zero attached hydrogens (tertiary/aromatic N) is 6. The summed E-state index contributed by atoms with van der Waals surface area (Å²) in [6.45, 7) is -1.14. The van der Waals surface area contributed by atoms with Gasteiger partial charge >= 0.3 is 16.5 Å². The van der Waals surface area contributed by atoms with E-state index in [0.717, 1.165) is 30.3 Å². The Bertz CT molecular complexity index is 3470. The van der Waals surface area contributed by atoms with Crippen molar-refractivity contribution < 1.29 is 91.3 Å². The molecule has 35 heteroatoms. The zero-order valence-electron chi connectivity index (χ0n) is 30.8. The Balaban J connectivity index is 1.70. The number of rotatable bonds is 17. The van der Waals surface area contributed by atoms with Gasteiger partial charge in [-0.15, -0.1) is 20.5 Å². The third kappa shape index (κ3) is 12.4. The van der Waals surface area contributed by atoms with Crippen molar-refractivity contribution >= 4 is 111 Å². The normalized spacial score (nSPS) is 13.2. The van der Waals surface area contributed by atoms with Crippen molar-refractivity contribution in [1.82, 2.24) is 9.97 Å². The van der Waals surface area contributed by atoms with Crippen LogP contribution in [-0.2, 0) is 64.9 Å². The zero-order valence-corrected chi connectivity index (χ0v) is 35.7. The highest BCUT2D eigenvalue weighted by molar-refractivity contribution is 7.91. The SMILES string of the molecule is O=S(=O)(O)CNc1ccc2c(O)c(N=Nc3ccc(S(=O)(=O)CCOS(=O)(=O)O)cc3S(=O)(=O)O)c(S(=O)(=O)O)cc2c1N=Nc1cc(Nc2cc(F)nc(F)n2)ccc1S(=O)(=O)O. The van der Waals surface area contributed by atoms with Crippen molar-refractivity contribution in [2.75, 3.05) is 28.9 Å². The number of sulfone groups is 1. The van der Waals surface area contributed by atoms with Crippen LogP contribution in [0.1, 0.15) is 0 Å². The predicted octanol–water partition coefficient (Wildman–Crippen LogP) is 3.78. The number of anilines is 3. The van der Waals surface area contributed by atoms with E-state index in [1.54, 1.807) is 0 Å². The lowest BCUT2D eigenvalue weighted by Crippen LogP contribution is -2.16. The van der Waals surface area contributed by atoms with Crippen LogP contribution in [0.15, 0.2) is 101 Å². The second kappa shape index (κ2) is 18.0. The zero-order chi connectivity index (χ0) is 47.8. The number of hydrogen-bond acceptors (Lipinski definition) is 22. The third-order valence-corrected chi connectivity index (χ3v) is 13.1. The summed E-state index contributed by atoms with van der Waals surface area (Å²) in [5.74, 6) is -5.48. The molecule has 8 N–H and O–H groups in total. The van der Waals surface area contributed by atoms with Gasteiger partial charge in [0.25, 0.3) is 40.5 Å². The molecule has 27 nitrogen and oxygen atoms in total. The lowest BCUT2D eigenvalue weighted by molar-refractivity contribution is 0.284. The molecule has 0 aliphatic carbocycles. The summed E-state index contributed by atoms with van der Waals surface area (Å²) in [5, 5.41) is 29.4. The van der Waals surface area contributed by atoms with Crippen LogP contribution in [0.25, 0.3) is 10.8 Å². The minimum Gasteiger partial charge on any atom is -0.505 e. The Morgan fingerprint density at radius 1 is 0.625 bits per heavy atom. The van der Waals surface area contributed by atoms with Crippen LogP contribution < -0.4 is 10.6 Å². The monoisotopic (exact) mass is 1020 g/mol. The summed E-state index contributed by atoms with van der Waals surface area (Å²) in [6.07, 6.45) is -1.51. The molecule has 0 fully saturated rings. The van der Waals surface area contributed by atoms with Crippen LogP contribution >= 0.6 is 0 Å². The molecule has 0 saturated heterocycles. The maximum atomic E-state index is 13.7. The van der Waals surface area contributed by atoms with Crippen molar-refractivity contribution in [2.45, 2.75) is 19.6 Å². The Morgan fingerprint density at radius 3 is 1.84 bits per heavy atom. The summed E-state index contributed by atoms with van der Waals surface area (Å²) in [4.78, 5) is 1.59. The summed E-state index contributed by atoms with van der Waals surface area (Å²) < 4.78 is 224. The Labute approximate surface area is 358 Å². The van der Waals surface area contributed by atoms with Crippen molar-refractivity contribution in [3.63, 3.8) is 0 Å². The average Bonchev–Trinajstić information content (AvgIpc) is 3.13. The molecule has 0 spiro atoms. The molecule has 0 radical (unpaired) electrons. The van der Waals surface area contributed by atoms with E-state index in [-0.39, 0.29) is 5.69 Å². The molecule has 0 unspecified atom stereocenters. The Morgan fingerprint density at radius 2 is 1.25 bits per heavy atom. The maximum Gasteiger partial charge on any atom is 0.397 e. The van der Waals surface area contributed by atoms with Crippen molar-refractivity contribution in [3.05, 3.63) is 72.7 Å². The van der Waals surface area contributed by atoms with Crippen LogP contribution in [0.3, 0.4) is 0 Å². The molecule has 0 amide bonds. The van der Waals surface area contributed by atoms with Gasteiger partial charge in [-0.2, -0.15) is 60.8 Å². The molecule has 4 aromatic carbocycles. The van der Waals surface area contributed by atoms with E-state index in [1.807, 2.05) is 0 Å². The first-order chi connectivity index (χ1) is 29.3. The third-order valence-electron chi connectivity index (χ3n) is 7.77. The lowest BCUT2D eigenvalue weighted by Gasteiger charge is -2.14. The molecule has 0 atom stereocenters. The van der Waals surface area contributed by atoms with E-state index in [4.69, 9.17) is 4.55 Å². The van der Waals surface area contributed by atoms with Gasteiger partial charge in [-0.05, 0) is 54.6 Å². The molecular weight excluding hydrogens is 995 g/mol. The topological polar surface area (TPSA) is 435 Å². The summed E-state index contributed by atoms with van der Waals surface area (Å²) in [5.41, 5.74) is -4.28. The minimum atomic E-state index is -5.58. The fourth-order valence-corrected chi connectivity index (χ4v) is 8.99. The number of azo groups is 2. The first-order valence-corrected chi connectivity index (χ1v) is 25.1. The van der Waals surface area contributed by atoms with Crippen LogP contribution in [0.2, 0.25) is 0 Å². The quantitative estimate of drug-likeness (QED) is 0.0284. The Kier molecular flexibility index (Phi) is 13.8. The van der Waals surface area contributed by atoms with Crippen LogP contribution in [-0.4, -0.2) is 107 Å². The number of hydrogen-bond donors (Lipinski definition) is 8. The van der Waals surface area contributed by atoms with Crippen molar-refractivity contribution in [1.29, 1.82) is 0 Å². The van der Waals surface area contributed by atoms with Crippen LogP contribution in [0.4, 0.5) is 48.7 Å². The highest BCUT2D eigenvalue weighted by Gasteiger charge is 2.27. The highest BCUT2D eigenvalue weighted by atomic mass is 32.3. The number of phenols is 1. The van der Waals surface area contributed by atoms with Gasteiger partial charge < -0.3 is 15.7 Å². The number of nitrogens with one attached hydrogen (secondary N) is 2. The van der Waals surface area contributed by atoms with Gasteiger partial charge in [0.1, 0.15) is 49.1 Å². The van der Waals surface area contributed by atoms with Gasteiger partial charge in [-0.1, -0.05) is 0 Å². The van der Waals surface area contributed by atoms with Gasteiger partial charge in [-0.25, -0.2) is 12.6 Å². The van der Waals surface area contributed by atoms with Gasteiger partial charge in [0.15, 0.2) is 15.6 Å². The highest BCUT2D eigenvalue weighted by Crippen LogP contribution is 2.47. The van der Waals surface area contributed by atoms with E-state index < -0.39 is 161 Å². The number of halogens is 2. The maximum absolute atomic E-state index is 13.7. The molecule has 5 aromatic rings. The fourth-order valence-electron chi connectivity index (χ4n) is 5.16. The number of aromatic nitrogens is 2. The van der Waals surface area contributed by atoms with E-state index in [0.29, 0.717) is 30.3 Å². The van der Waals surface area contributed by atoms with Crippen molar-refractivity contribution in [3.8, 4) is 5.75 Å². The van der Waals surface area contributed by atoms with E-state index in [2.05, 4.69) is 45.2 Å². The standard InChI is InChI=1S/C29H24F2N8O19S6/c30-24-12-25(35-29(31)34-24)33-14-1-6-21(61(46,47)48)20(9-14)37-38-26-17-11-23(63(52,53)54)27(28(40)16(17)3-5-19(26)32-13-60(43,44)45)39-36-18-4-2-15(10-22(18)62(49,50)51)59(41,42)8-7-58-64(55,56)57/h1-6,9-12,32,40H,7-8,13H2,(H,33,34,35)(H,43,44,45)(H,46,47,48)(H,49,50,51)(H,52,53,54)(H,55,56,57). The predicted molar refractivity (Wildman–Crippen MR) is 211 cm³/mol. The fraction of sp³-hybridized carbons (Fsp3) is 0.103. The van der Waals surface area contributed by atoms with E-state index >= 15 is 0 Å². The van der Waals surface area contributed by atoms with Crippen LogP contribution in [0.5, 0.6) is 5.75 Å². The lowest BCUT2D eigenvalue weighted by atomic mass is 10.1. The number of phenolic OH excluding ortho intramolecular Hbond substituents is 1. The van der Waals surface area contributed by atoms with E-state index in [9.17, 15) is 82.6 Å². The first-order valence-electron chi connectivity index (χ1n) is 16.2.